The summed E-state index contributed by atoms with van der Waals surface area (Å²) >= 11 is 3.04. The maximum atomic E-state index is 5.80. The SMILES string of the molecule is COc1ccc(Cn2nnnc2S[C@H](C)c2nnc(-c3cccs3)o2)cc1. The molecule has 0 aliphatic heterocycles. The lowest BCUT2D eigenvalue weighted by molar-refractivity contribution is 0.414. The average Bonchev–Trinajstić information content (AvgIpc) is 3.44. The molecule has 4 rings (SSSR count). The van der Waals surface area contributed by atoms with Gasteiger partial charge in [-0.1, -0.05) is 30.0 Å². The Hall–Kier alpha value is -2.72. The largest absolute Gasteiger partial charge is 0.497 e. The van der Waals surface area contributed by atoms with Gasteiger partial charge in [0.25, 0.3) is 5.89 Å². The van der Waals surface area contributed by atoms with Gasteiger partial charge in [-0.2, -0.15) is 0 Å². The number of hydrogen-bond donors (Lipinski definition) is 0. The number of rotatable bonds is 7. The fraction of sp³-hybridized carbons (Fsp3) is 0.235. The summed E-state index contributed by atoms with van der Waals surface area (Å²) in [6.07, 6.45) is 0. The molecule has 0 fully saturated rings. The quantitative estimate of drug-likeness (QED) is 0.434. The second-order valence-corrected chi connectivity index (χ2v) is 7.91. The van der Waals surface area contributed by atoms with Crippen LogP contribution >= 0.6 is 23.1 Å². The van der Waals surface area contributed by atoms with E-state index in [1.54, 1.807) is 23.1 Å². The molecule has 27 heavy (non-hydrogen) atoms. The molecule has 8 nitrogen and oxygen atoms in total. The molecule has 0 amide bonds. The first-order valence-electron chi connectivity index (χ1n) is 8.16. The van der Waals surface area contributed by atoms with Crippen molar-refractivity contribution < 1.29 is 9.15 Å². The molecule has 0 unspecified atom stereocenters. The zero-order chi connectivity index (χ0) is 18.6. The van der Waals surface area contributed by atoms with Crippen LogP contribution in [0.25, 0.3) is 10.8 Å². The summed E-state index contributed by atoms with van der Waals surface area (Å²) < 4.78 is 12.7. The first-order chi connectivity index (χ1) is 13.2. The topological polar surface area (TPSA) is 91.8 Å². The van der Waals surface area contributed by atoms with Gasteiger partial charge >= 0.3 is 0 Å². The van der Waals surface area contributed by atoms with Crippen molar-refractivity contribution in [2.24, 2.45) is 0 Å². The molecule has 0 N–H and O–H groups in total. The zero-order valence-electron chi connectivity index (χ0n) is 14.6. The van der Waals surface area contributed by atoms with Gasteiger partial charge < -0.3 is 9.15 Å². The Morgan fingerprint density at radius 1 is 1.19 bits per heavy atom. The van der Waals surface area contributed by atoms with Crippen LogP contribution in [0.4, 0.5) is 0 Å². The number of aromatic nitrogens is 6. The molecule has 0 radical (unpaired) electrons. The van der Waals surface area contributed by atoms with Crippen molar-refractivity contribution in [3.63, 3.8) is 0 Å². The van der Waals surface area contributed by atoms with Crippen LogP contribution in [-0.4, -0.2) is 37.5 Å². The molecule has 138 valence electrons. The van der Waals surface area contributed by atoms with Gasteiger partial charge in [0.05, 0.1) is 23.8 Å². The molecule has 0 aliphatic rings. The van der Waals surface area contributed by atoms with Gasteiger partial charge in [0, 0.05) is 0 Å². The van der Waals surface area contributed by atoms with Crippen molar-refractivity contribution in [3.05, 3.63) is 53.2 Å². The Morgan fingerprint density at radius 2 is 2.04 bits per heavy atom. The van der Waals surface area contributed by atoms with Gasteiger partial charge in [-0.25, -0.2) is 4.68 Å². The van der Waals surface area contributed by atoms with Crippen LogP contribution in [0.1, 0.15) is 23.6 Å². The number of thiophene rings is 1. The van der Waals surface area contributed by atoms with E-state index in [1.165, 1.54) is 11.8 Å². The fourth-order valence-electron chi connectivity index (χ4n) is 2.39. The van der Waals surface area contributed by atoms with Crippen molar-refractivity contribution in [1.29, 1.82) is 0 Å². The van der Waals surface area contributed by atoms with Crippen molar-refractivity contribution in [3.8, 4) is 16.5 Å². The minimum atomic E-state index is -0.0770. The van der Waals surface area contributed by atoms with E-state index < -0.39 is 0 Å². The van der Waals surface area contributed by atoms with Gasteiger partial charge in [-0.05, 0) is 46.5 Å². The summed E-state index contributed by atoms with van der Waals surface area (Å²) in [5, 5.41) is 22.9. The molecule has 3 aromatic heterocycles. The Morgan fingerprint density at radius 3 is 2.78 bits per heavy atom. The number of nitrogens with zero attached hydrogens (tertiary/aromatic N) is 6. The lowest BCUT2D eigenvalue weighted by atomic mass is 10.2. The fourth-order valence-corrected chi connectivity index (χ4v) is 3.85. The predicted octanol–water partition coefficient (Wildman–Crippen LogP) is 3.69. The molecule has 1 aromatic carbocycles. The van der Waals surface area contributed by atoms with E-state index in [9.17, 15) is 0 Å². The summed E-state index contributed by atoms with van der Waals surface area (Å²) in [4.78, 5) is 0.954. The van der Waals surface area contributed by atoms with Crippen LogP contribution in [-0.2, 0) is 6.54 Å². The standard InChI is InChI=1S/C17H16N6O2S2/c1-11(15-18-19-16(25-15)14-4-3-9-26-14)27-17-20-21-22-23(17)10-12-5-7-13(24-2)8-6-12/h3-9,11H,10H2,1-2H3/t11-/m1/s1. The molecule has 10 heteroatoms. The normalized spacial score (nSPS) is 12.2. The molecule has 0 saturated carbocycles. The van der Waals surface area contributed by atoms with Crippen LogP contribution in [0.3, 0.4) is 0 Å². The maximum absolute atomic E-state index is 5.80. The highest BCUT2D eigenvalue weighted by Gasteiger charge is 2.20. The molecule has 0 spiro atoms. The second-order valence-electron chi connectivity index (χ2n) is 5.65. The maximum Gasteiger partial charge on any atom is 0.257 e. The molecule has 0 bridgehead atoms. The van der Waals surface area contributed by atoms with Gasteiger partial charge in [-0.15, -0.1) is 26.6 Å². The minimum Gasteiger partial charge on any atom is -0.497 e. The van der Waals surface area contributed by atoms with E-state index >= 15 is 0 Å². The Labute approximate surface area is 163 Å². The number of ether oxygens (including phenoxy) is 1. The van der Waals surface area contributed by atoms with E-state index in [-0.39, 0.29) is 5.25 Å². The highest BCUT2D eigenvalue weighted by atomic mass is 32.2. The third kappa shape index (κ3) is 4.01. The molecular weight excluding hydrogens is 384 g/mol. The number of benzene rings is 1. The Kier molecular flexibility index (Phi) is 5.16. The summed E-state index contributed by atoms with van der Waals surface area (Å²) in [6.45, 7) is 2.55. The third-order valence-corrected chi connectivity index (χ3v) is 5.71. The average molecular weight is 400 g/mol. The van der Waals surface area contributed by atoms with E-state index in [2.05, 4.69) is 25.7 Å². The summed E-state index contributed by atoms with van der Waals surface area (Å²) in [5.74, 6) is 1.89. The third-order valence-electron chi connectivity index (χ3n) is 3.79. The summed E-state index contributed by atoms with van der Waals surface area (Å²) in [5.41, 5.74) is 1.08. The van der Waals surface area contributed by atoms with Crippen LogP contribution in [0, 0.1) is 0 Å². The summed E-state index contributed by atoms with van der Waals surface area (Å²) in [6, 6.07) is 11.7. The molecular formula is C17H16N6O2S2. The second kappa shape index (κ2) is 7.89. The molecule has 1 atom stereocenters. The number of methoxy groups -OCH3 is 1. The van der Waals surface area contributed by atoms with E-state index in [0.29, 0.717) is 23.5 Å². The zero-order valence-corrected chi connectivity index (χ0v) is 16.3. The van der Waals surface area contributed by atoms with Crippen LogP contribution in [0.15, 0.2) is 51.4 Å². The van der Waals surface area contributed by atoms with E-state index in [4.69, 9.17) is 9.15 Å². The first kappa shape index (κ1) is 17.7. The molecule has 4 aromatic rings. The van der Waals surface area contributed by atoms with Gasteiger partial charge in [0.1, 0.15) is 5.75 Å². The predicted molar refractivity (Wildman–Crippen MR) is 102 cm³/mol. The Balaban J connectivity index is 1.46. The lowest BCUT2D eigenvalue weighted by Crippen LogP contribution is -2.04. The Bertz CT molecular complexity index is 997. The van der Waals surface area contributed by atoms with Gasteiger partial charge in [0.2, 0.25) is 11.0 Å². The van der Waals surface area contributed by atoms with Crippen LogP contribution in [0.5, 0.6) is 5.75 Å². The van der Waals surface area contributed by atoms with Crippen LogP contribution in [0.2, 0.25) is 0 Å². The lowest BCUT2D eigenvalue weighted by Gasteiger charge is -2.08. The summed E-state index contributed by atoms with van der Waals surface area (Å²) in [7, 11) is 1.65. The molecule has 0 aliphatic carbocycles. The van der Waals surface area contributed by atoms with Crippen molar-refractivity contribution in [2.45, 2.75) is 23.9 Å². The van der Waals surface area contributed by atoms with Gasteiger partial charge in [0.15, 0.2) is 0 Å². The van der Waals surface area contributed by atoms with Gasteiger partial charge in [-0.3, -0.25) is 0 Å². The molecule has 3 heterocycles. The highest BCUT2D eigenvalue weighted by Crippen LogP contribution is 2.34. The number of hydrogen-bond acceptors (Lipinski definition) is 9. The monoisotopic (exact) mass is 400 g/mol. The number of tetrazole rings is 1. The van der Waals surface area contributed by atoms with Crippen molar-refractivity contribution in [1.82, 2.24) is 30.4 Å². The smallest absolute Gasteiger partial charge is 0.257 e. The first-order valence-corrected chi connectivity index (χ1v) is 9.92. The van der Waals surface area contributed by atoms with Crippen LogP contribution < -0.4 is 4.74 Å². The van der Waals surface area contributed by atoms with E-state index in [0.717, 1.165) is 16.2 Å². The van der Waals surface area contributed by atoms with E-state index in [1.807, 2.05) is 48.7 Å². The minimum absolute atomic E-state index is 0.0770. The van der Waals surface area contributed by atoms with Crippen molar-refractivity contribution in [2.75, 3.05) is 7.11 Å². The highest BCUT2D eigenvalue weighted by molar-refractivity contribution is 7.99. The number of thioether (sulfide) groups is 1. The van der Waals surface area contributed by atoms with Crippen molar-refractivity contribution >= 4 is 23.1 Å². The molecule has 0 saturated heterocycles.